The highest BCUT2D eigenvalue weighted by molar-refractivity contribution is 5.73. The van der Waals surface area contributed by atoms with Gasteiger partial charge in [0.1, 0.15) is 0 Å². The first-order chi connectivity index (χ1) is 5.34. The van der Waals surface area contributed by atoms with Gasteiger partial charge in [-0.25, -0.2) is 4.39 Å². The molecule has 0 bridgehead atoms. The molecule has 1 aliphatic carbocycles. The van der Waals surface area contributed by atoms with E-state index in [4.69, 9.17) is 5.11 Å². The highest BCUT2D eigenvalue weighted by Gasteiger charge is 2.58. The third-order valence-electron chi connectivity index (χ3n) is 1.85. The lowest BCUT2D eigenvalue weighted by Gasteiger charge is -2.10. The van der Waals surface area contributed by atoms with Crippen molar-refractivity contribution in [1.29, 1.82) is 0 Å². The van der Waals surface area contributed by atoms with Crippen molar-refractivity contribution in [3.8, 4) is 0 Å². The van der Waals surface area contributed by atoms with Crippen LogP contribution in [0.4, 0.5) is 17.6 Å². The Bertz CT molecular complexity index is 200. The number of aliphatic carboxylic acids is 1. The molecule has 1 N–H and O–H groups in total. The Morgan fingerprint density at radius 1 is 1.50 bits per heavy atom. The summed E-state index contributed by atoms with van der Waals surface area (Å²) < 4.78 is 47.1. The monoisotopic (exact) mass is 186 g/mol. The van der Waals surface area contributed by atoms with Crippen molar-refractivity contribution in [2.75, 3.05) is 0 Å². The largest absolute Gasteiger partial charge is 0.481 e. The van der Waals surface area contributed by atoms with Crippen molar-refractivity contribution in [3.63, 3.8) is 0 Å². The highest BCUT2D eigenvalue weighted by Crippen LogP contribution is 2.47. The summed E-state index contributed by atoms with van der Waals surface area (Å²) in [5.41, 5.74) is 0. The molecular formula is C6H6F4O2. The number of hydrogen-bond acceptors (Lipinski definition) is 1. The smallest absolute Gasteiger partial charge is 0.419 e. The zero-order valence-corrected chi connectivity index (χ0v) is 5.81. The van der Waals surface area contributed by atoms with Gasteiger partial charge in [0.25, 0.3) is 0 Å². The molecule has 0 aromatic heterocycles. The van der Waals surface area contributed by atoms with E-state index in [1.807, 2.05) is 0 Å². The zero-order valence-electron chi connectivity index (χ0n) is 5.81. The van der Waals surface area contributed by atoms with Gasteiger partial charge in [0.05, 0.1) is 5.92 Å². The molecule has 3 atom stereocenters. The summed E-state index contributed by atoms with van der Waals surface area (Å²) in [5, 5.41) is 8.20. The molecule has 1 fully saturated rings. The average molecular weight is 186 g/mol. The van der Waals surface area contributed by atoms with Crippen LogP contribution in [0.25, 0.3) is 0 Å². The van der Waals surface area contributed by atoms with Crippen molar-refractivity contribution >= 4 is 5.97 Å². The third-order valence-corrected chi connectivity index (χ3v) is 1.85. The number of carbonyl (C=O) groups is 1. The first kappa shape index (κ1) is 9.28. The topological polar surface area (TPSA) is 37.3 Å². The van der Waals surface area contributed by atoms with Crippen LogP contribution in [0.2, 0.25) is 0 Å². The summed E-state index contributed by atoms with van der Waals surface area (Å²) >= 11 is 0. The number of halogens is 4. The average Bonchev–Trinajstić information content (AvgIpc) is 2.61. The Morgan fingerprint density at radius 3 is 2.25 bits per heavy atom. The van der Waals surface area contributed by atoms with Crippen LogP contribution in [0.1, 0.15) is 6.42 Å². The van der Waals surface area contributed by atoms with Crippen LogP contribution in [0.3, 0.4) is 0 Å². The lowest BCUT2D eigenvalue weighted by molar-refractivity contribution is -0.187. The molecule has 3 unspecified atom stereocenters. The number of alkyl halides is 4. The second kappa shape index (κ2) is 2.60. The van der Waals surface area contributed by atoms with Crippen molar-refractivity contribution in [2.45, 2.75) is 18.8 Å². The Labute approximate surface area is 65.2 Å². The molecule has 6 heteroatoms. The van der Waals surface area contributed by atoms with E-state index in [9.17, 15) is 22.4 Å². The molecule has 0 radical (unpaired) electrons. The minimum atomic E-state index is -4.92. The van der Waals surface area contributed by atoms with Gasteiger partial charge in [-0.2, -0.15) is 13.2 Å². The fourth-order valence-electron chi connectivity index (χ4n) is 1.06. The maximum absolute atomic E-state index is 12.3. The second-order valence-corrected chi connectivity index (χ2v) is 2.79. The van der Waals surface area contributed by atoms with Crippen LogP contribution >= 0.6 is 0 Å². The van der Waals surface area contributed by atoms with Gasteiger partial charge in [-0.1, -0.05) is 0 Å². The van der Waals surface area contributed by atoms with Gasteiger partial charge in [0.2, 0.25) is 0 Å². The summed E-state index contributed by atoms with van der Waals surface area (Å²) in [6.07, 6.45) is -8.12. The number of hydrogen-bond donors (Lipinski definition) is 1. The van der Waals surface area contributed by atoms with E-state index in [1.54, 1.807) is 0 Å². The van der Waals surface area contributed by atoms with E-state index in [2.05, 4.69) is 0 Å². The van der Waals surface area contributed by atoms with Gasteiger partial charge >= 0.3 is 12.1 Å². The standard InChI is InChI=1S/C6H6F4O2/c7-4(6(8,9)10)2-1-3(2)5(11)12/h2-4H,1H2,(H,11,12). The molecule has 2 nitrogen and oxygen atoms in total. The summed E-state index contributed by atoms with van der Waals surface area (Å²) in [6.45, 7) is 0. The highest BCUT2D eigenvalue weighted by atomic mass is 19.4. The SMILES string of the molecule is O=C(O)C1CC1C(F)C(F)(F)F. The van der Waals surface area contributed by atoms with E-state index in [0.717, 1.165) is 0 Å². The molecule has 0 amide bonds. The van der Waals surface area contributed by atoms with Gasteiger partial charge < -0.3 is 5.11 Å². The maximum Gasteiger partial charge on any atom is 0.419 e. The van der Waals surface area contributed by atoms with Crippen LogP contribution < -0.4 is 0 Å². The molecule has 0 aromatic rings. The Kier molecular flexibility index (Phi) is 2.01. The Balaban J connectivity index is 2.49. The lowest BCUT2D eigenvalue weighted by Crippen LogP contribution is -2.27. The van der Waals surface area contributed by atoms with E-state index in [1.165, 1.54) is 0 Å². The summed E-state index contributed by atoms with van der Waals surface area (Å²) in [4.78, 5) is 10.1. The molecule has 1 aliphatic rings. The number of carboxylic acids is 1. The number of rotatable bonds is 2. The van der Waals surface area contributed by atoms with Crippen molar-refractivity contribution in [1.82, 2.24) is 0 Å². The zero-order chi connectivity index (χ0) is 9.52. The molecule has 0 aliphatic heterocycles. The molecule has 0 spiro atoms. The van der Waals surface area contributed by atoms with Crippen molar-refractivity contribution in [2.24, 2.45) is 11.8 Å². The van der Waals surface area contributed by atoms with Gasteiger partial charge in [-0.15, -0.1) is 0 Å². The van der Waals surface area contributed by atoms with Crippen LogP contribution in [-0.4, -0.2) is 23.4 Å². The Morgan fingerprint density at radius 2 is 2.00 bits per heavy atom. The maximum atomic E-state index is 12.3. The van der Waals surface area contributed by atoms with Crippen molar-refractivity contribution < 1.29 is 27.5 Å². The molecule has 12 heavy (non-hydrogen) atoms. The molecule has 0 saturated heterocycles. The molecule has 1 saturated carbocycles. The normalized spacial score (nSPS) is 31.3. The van der Waals surface area contributed by atoms with Gasteiger partial charge in [0, 0.05) is 5.92 Å². The lowest BCUT2D eigenvalue weighted by atomic mass is 10.2. The fraction of sp³-hybridized carbons (Fsp3) is 0.833. The number of carboxylic acid groups (broad SMARTS) is 1. The predicted molar refractivity (Wildman–Crippen MR) is 30.2 cm³/mol. The van der Waals surface area contributed by atoms with Crippen LogP contribution in [-0.2, 0) is 4.79 Å². The summed E-state index contributed by atoms with van der Waals surface area (Å²) in [5.74, 6) is -3.88. The van der Waals surface area contributed by atoms with Gasteiger partial charge in [0.15, 0.2) is 6.17 Å². The summed E-state index contributed by atoms with van der Waals surface area (Å²) in [6, 6.07) is 0. The van der Waals surface area contributed by atoms with E-state index < -0.39 is 30.2 Å². The minimum absolute atomic E-state index is 0.212. The van der Waals surface area contributed by atoms with E-state index in [0.29, 0.717) is 0 Å². The van der Waals surface area contributed by atoms with Crippen LogP contribution in [0, 0.1) is 11.8 Å². The summed E-state index contributed by atoms with van der Waals surface area (Å²) in [7, 11) is 0. The Hall–Kier alpha value is -0.810. The van der Waals surface area contributed by atoms with E-state index in [-0.39, 0.29) is 6.42 Å². The third kappa shape index (κ3) is 1.67. The molecule has 0 aromatic carbocycles. The van der Waals surface area contributed by atoms with Gasteiger partial charge in [-0.3, -0.25) is 4.79 Å². The molecule has 70 valence electrons. The second-order valence-electron chi connectivity index (χ2n) is 2.79. The molecule has 0 heterocycles. The first-order valence-electron chi connectivity index (χ1n) is 3.27. The van der Waals surface area contributed by atoms with Crippen LogP contribution in [0.15, 0.2) is 0 Å². The predicted octanol–water partition coefficient (Wildman–Crippen LogP) is 1.61. The minimum Gasteiger partial charge on any atom is -0.481 e. The quantitative estimate of drug-likeness (QED) is 0.665. The van der Waals surface area contributed by atoms with Crippen LogP contribution in [0.5, 0.6) is 0 Å². The molecule has 1 rings (SSSR count). The van der Waals surface area contributed by atoms with E-state index >= 15 is 0 Å². The fourth-order valence-corrected chi connectivity index (χ4v) is 1.06. The van der Waals surface area contributed by atoms with Crippen molar-refractivity contribution in [3.05, 3.63) is 0 Å². The van der Waals surface area contributed by atoms with Gasteiger partial charge in [-0.05, 0) is 6.42 Å². The molecular weight excluding hydrogens is 180 g/mol. The first-order valence-corrected chi connectivity index (χ1v) is 3.27.